The fourth-order valence-corrected chi connectivity index (χ4v) is 1.72. The van der Waals surface area contributed by atoms with Gasteiger partial charge in [-0.3, -0.25) is 9.59 Å². The fourth-order valence-electron chi connectivity index (χ4n) is 1.72. The molecule has 0 aliphatic heterocycles. The molecule has 1 heterocycles. The van der Waals surface area contributed by atoms with E-state index in [1.54, 1.807) is 19.2 Å². The molecule has 4 nitrogen and oxygen atoms in total. The largest absolute Gasteiger partial charge is 0.367 e. The maximum atomic E-state index is 12.8. The lowest BCUT2D eigenvalue weighted by Gasteiger charge is -2.16. The van der Waals surface area contributed by atoms with E-state index in [1.165, 1.54) is 35.5 Å². The van der Waals surface area contributed by atoms with Crippen LogP contribution in [0.3, 0.4) is 0 Å². The van der Waals surface area contributed by atoms with E-state index in [9.17, 15) is 14.0 Å². The molecule has 19 heavy (non-hydrogen) atoms. The number of carbonyl (C=O) groups is 1. The number of benzene rings is 1. The maximum Gasteiger partial charge on any atom is 0.259 e. The number of halogens is 1. The zero-order valence-corrected chi connectivity index (χ0v) is 10.4. The first-order valence-electron chi connectivity index (χ1n) is 5.75. The Morgan fingerprint density at radius 2 is 1.95 bits per heavy atom. The molecule has 1 amide bonds. The Bertz CT molecular complexity index is 634. The van der Waals surface area contributed by atoms with Crippen molar-refractivity contribution in [2.24, 2.45) is 0 Å². The zero-order chi connectivity index (χ0) is 13.8. The molecular weight excluding hydrogens is 247 g/mol. The molecule has 1 N–H and O–H groups in total. The lowest BCUT2D eigenvalue weighted by molar-refractivity contribution is 0.0783. The summed E-state index contributed by atoms with van der Waals surface area (Å²) in [4.78, 5) is 27.7. The van der Waals surface area contributed by atoms with Gasteiger partial charge in [-0.05, 0) is 17.7 Å². The minimum absolute atomic E-state index is 0.0899. The van der Waals surface area contributed by atoms with Crippen LogP contribution in [0.2, 0.25) is 0 Å². The van der Waals surface area contributed by atoms with Crippen molar-refractivity contribution in [3.05, 3.63) is 69.9 Å². The van der Waals surface area contributed by atoms with Crippen molar-refractivity contribution in [1.82, 2.24) is 9.88 Å². The van der Waals surface area contributed by atoms with Crippen molar-refractivity contribution in [3.8, 4) is 0 Å². The van der Waals surface area contributed by atoms with Gasteiger partial charge in [0.1, 0.15) is 11.4 Å². The van der Waals surface area contributed by atoms with Crippen molar-refractivity contribution in [2.45, 2.75) is 6.54 Å². The number of aromatic nitrogens is 1. The lowest BCUT2D eigenvalue weighted by Crippen LogP contribution is -2.30. The van der Waals surface area contributed by atoms with Gasteiger partial charge < -0.3 is 9.88 Å². The van der Waals surface area contributed by atoms with Crippen LogP contribution in [0.15, 0.2) is 47.5 Å². The average molecular weight is 260 g/mol. The molecule has 0 spiro atoms. The van der Waals surface area contributed by atoms with Gasteiger partial charge in [-0.1, -0.05) is 12.1 Å². The SMILES string of the molecule is CN(Cc1ccc(F)cc1)C(=O)c1c[nH]ccc1=O. The third-order valence-electron chi connectivity index (χ3n) is 2.73. The van der Waals surface area contributed by atoms with Gasteiger partial charge in [0.25, 0.3) is 5.91 Å². The minimum atomic E-state index is -0.369. The molecule has 0 aliphatic carbocycles. The number of nitrogens with one attached hydrogen (secondary N) is 1. The summed E-state index contributed by atoms with van der Waals surface area (Å²) in [5.41, 5.74) is 0.562. The summed E-state index contributed by atoms with van der Waals surface area (Å²) in [7, 11) is 1.60. The molecule has 2 rings (SSSR count). The van der Waals surface area contributed by atoms with Crippen LogP contribution in [-0.2, 0) is 6.54 Å². The molecular formula is C14H13FN2O2. The number of nitrogens with zero attached hydrogens (tertiary/aromatic N) is 1. The molecule has 0 atom stereocenters. The topological polar surface area (TPSA) is 53.2 Å². The summed E-state index contributed by atoms with van der Waals surface area (Å²) in [5.74, 6) is -0.691. The van der Waals surface area contributed by atoms with Crippen LogP contribution in [0, 0.1) is 5.82 Å². The molecule has 0 saturated carbocycles. The Balaban J connectivity index is 2.14. The molecule has 0 bridgehead atoms. The number of H-pyrrole nitrogens is 1. The van der Waals surface area contributed by atoms with Gasteiger partial charge in [-0.15, -0.1) is 0 Å². The maximum absolute atomic E-state index is 12.8. The van der Waals surface area contributed by atoms with Gasteiger partial charge in [0.05, 0.1) is 0 Å². The molecule has 0 radical (unpaired) electrons. The number of pyridine rings is 1. The molecule has 0 unspecified atom stereocenters. The molecule has 1 aromatic heterocycles. The van der Waals surface area contributed by atoms with Gasteiger partial charge in [-0.25, -0.2) is 4.39 Å². The molecule has 2 aromatic rings. The molecule has 0 saturated heterocycles. The Labute approximate surface area is 109 Å². The smallest absolute Gasteiger partial charge is 0.259 e. The van der Waals surface area contributed by atoms with Gasteiger partial charge in [-0.2, -0.15) is 0 Å². The van der Waals surface area contributed by atoms with Crippen LogP contribution in [0.5, 0.6) is 0 Å². The van der Waals surface area contributed by atoms with Gasteiger partial charge in [0.2, 0.25) is 0 Å². The lowest BCUT2D eigenvalue weighted by atomic mass is 10.2. The van der Waals surface area contributed by atoms with Gasteiger partial charge in [0.15, 0.2) is 5.43 Å². The normalized spacial score (nSPS) is 10.2. The number of hydrogen-bond acceptors (Lipinski definition) is 2. The van der Waals surface area contributed by atoms with E-state index in [4.69, 9.17) is 0 Å². The van der Waals surface area contributed by atoms with Crippen LogP contribution < -0.4 is 5.43 Å². The highest BCUT2D eigenvalue weighted by Crippen LogP contribution is 2.07. The predicted molar refractivity (Wildman–Crippen MR) is 69.3 cm³/mol. The second kappa shape index (κ2) is 5.48. The highest BCUT2D eigenvalue weighted by Gasteiger charge is 2.14. The van der Waals surface area contributed by atoms with E-state index < -0.39 is 0 Å². The molecule has 5 heteroatoms. The number of carbonyl (C=O) groups excluding carboxylic acids is 1. The summed E-state index contributed by atoms with van der Waals surface area (Å²) in [6.07, 6.45) is 2.85. The number of aromatic amines is 1. The summed E-state index contributed by atoms with van der Waals surface area (Å²) < 4.78 is 12.8. The summed E-state index contributed by atoms with van der Waals surface area (Å²) in [5, 5.41) is 0. The number of rotatable bonds is 3. The molecule has 0 fully saturated rings. The van der Waals surface area contributed by atoms with Gasteiger partial charge in [0, 0.05) is 32.1 Å². The van der Waals surface area contributed by atoms with Crippen molar-refractivity contribution >= 4 is 5.91 Å². The van der Waals surface area contributed by atoms with E-state index in [0.29, 0.717) is 6.54 Å². The molecule has 1 aromatic carbocycles. The standard InChI is InChI=1S/C14H13FN2O2/c1-17(9-10-2-4-11(15)5-3-10)14(19)12-8-16-7-6-13(12)18/h2-8H,9H2,1H3,(H,16,18). The van der Waals surface area contributed by atoms with E-state index in [2.05, 4.69) is 4.98 Å². The quantitative estimate of drug-likeness (QED) is 0.914. The van der Waals surface area contributed by atoms with Crippen LogP contribution in [0.25, 0.3) is 0 Å². The third-order valence-corrected chi connectivity index (χ3v) is 2.73. The van der Waals surface area contributed by atoms with Gasteiger partial charge >= 0.3 is 0 Å². The van der Waals surface area contributed by atoms with E-state index in [-0.39, 0.29) is 22.7 Å². The second-order valence-corrected chi connectivity index (χ2v) is 4.21. The van der Waals surface area contributed by atoms with E-state index in [0.717, 1.165) is 5.56 Å². The highest BCUT2D eigenvalue weighted by atomic mass is 19.1. The zero-order valence-electron chi connectivity index (χ0n) is 10.4. The Kier molecular flexibility index (Phi) is 3.75. The first-order valence-corrected chi connectivity index (χ1v) is 5.75. The van der Waals surface area contributed by atoms with Crippen molar-refractivity contribution < 1.29 is 9.18 Å². The summed E-state index contributed by atoms with van der Waals surface area (Å²) >= 11 is 0. The number of amides is 1. The average Bonchev–Trinajstić information content (AvgIpc) is 2.41. The second-order valence-electron chi connectivity index (χ2n) is 4.21. The Morgan fingerprint density at radius 3 is 2.58 bits per heavy atom. The summed E-state index contributed by atoms with van der Waals surface area (Å²) in [6, 6.07) is 7.19. The van der Waals surface area contributed by atoms with E-state index >= 15 is 0 Å². The number of hydrogen-bond donors (Lipinski definition) is 1. The highest BCUT2D eigenvalue weighted by molar-refractivity contribution is 5.93. The fraction of sp³-hybridized carbons (Fsp3) is 0.143. The monoisotopic (exact) mass is 260 g/mol. The van der Waals surface area contributed by atoms with E-state index in [1.807, 2.05) is 0 Å². The van der Waals surface area contributed by atoms with Crippen LogP contribution in [0.4, 0.5) is 4.39 Å². The van der Waals surface area contributed by atoms with Crippen molar-refractivity contribution in [1.29, 1.82) is 0 Å². The van der Waals surface area contributed by atoms with Crippen molar-refractivity contribution in [2.75, 3.05) is 7.05 Å². The first kappa shape index (κ1) is 13.0. The van der Waals surface area contributed by atoms with Crippen molar-refractivity contribution in [3.63, 3.8) is 0 Å². The Hall–Kier alpha value is -2.43. The predicted octanol–water partition coefficient (Wildman–Crippen LogP) is 1.79. The Morgan fingerprint density at radius 1 is 1.26 bits per heavy atom. The molecule has 0 aliphatic rings. The molecule has 98 valence electrons. The van der Waals surface area contributed by atoms with Crippen LogP contribution >= 0.6 is 0 Å². The van der Waals surface area contributed by atoms with Crippen LogP contribution in [0.1, 0.15) is 15.9 Å². The minimum Gasteiger partial charge on any atom is -0.367 e. The first-order chi connectivity index (χ1) is 9.08. The van der Waals surface area contributed by atoms with Crippen LogP contribution in [-0.4, -0.2) is 22.8 Å². The third kappa shape index (κ3) is 3.07. The summed E-state index contributed by atoms with van der Waals surface area (Å²) in [6.45, 7) is 0.313.